The minimum atomic E-state index is -0.437. The van der Waals surface area contributed by atoms with Crippen LogP contribution in [0.5, 0.6) is 0 Å². The first-order chi connectivity index (χ1) is 18.5. The van der Waals surface area contributed by atoms with Crippen LogP contribution in [-0.4, -0.2) is 90.2 Å². The summed E-state index contributed by atoms with van der Waals surface area (Å²) in [6.07, 6.45) is 5.47. The van der Waals surface area contributed by atoms with Crippen LogP contribution in [0, 0.1) is 17.2 Å². The van der Waals surface area contributed by atoms with Crippen LogP contribution in [0.4, 0.5) is 10.6 Å². The Morgan fingerprint density at radius 1 is 1.37 bits per heavy atom. The van der Waals surface area contributed by atoms with Crippen molar-refractivity contribution < 1.29 is 23.9 Å². The molecule has 0 saturated carbocycles. The Morgan fingerprint density at radius 2 is 2.24 bits per heavy atom. The van der Waals surface area contributed by atoms with E-state index in [1.165, 1.54) is 13.3 Å². The fourth-order valence-corrected chi connectivity index (χ4v) is 6.48. The predicted molar refractivity (Wildman–Crippen MR) is 140 cm³/mol. The maximum Gasteiger partial charge on any atom is 0.328 e. The molecule has 3 saturated heterocycles. The van der Waals surface area contributed by atoms with E-state index in [0.717, 1.165) is 29.7 Å². The summed E-state index contributed by atoms with van der Waals surface area (Å²) in [5.74, 6) is 0.818. The number of amides is 3. The van der Waals surface area contributed by atoms with Crippen LogP contribution in [0.25, 0.3) is 0 Å². The third-order valence-electron chi connectivity index (χ3n) is 7.34. The third-order valence-corrected chi connectivity index (χ3v) is 8.64. The van der Waals surface area contributed by atoms with Crippen molar-refractivity contribution in [2.75, 3.05) is 45.3 Å². The van der Waals surface area contributed by atoms with Gasteiger partial charge >= 0.3 is 6.03 Å². The summed E-state index contributed by atoms with van der Waals surface area (Å²) in [5, 5.41) is 12.6. The Hall–Kier alpha value is -3.27. The quantitative estimate of drug-likeness (QED) is 0.523. The number of likely N-dealkylation sites (tertiary alicyclic amines) is 2. The van der Waals surface area contributed by atoms with Crippen LogP contribution in [-0.2, 0) is 19.1 Å². The summed E-state index contributed by atoms with van der Waals surface area (Å²) in [5.41, 5.74) is 1.54. The Balaban J connectivity index is 1.32. The molecule has 1 aromatic heterocycles. The molecule has 1 aromatic rings. The number of aliphatic imine (C=N–C) groups is 1. The van der Waals surface area contributed by atoms with E-state index >= 15 is 0 Å². The number of rotatable bonds is 7. The maximum absolute atomic E-state index is 13.3. The minimum Gasteiger partial charge on any atom is -0.380 e. The largest absolute Gasteiger partial charge is 0.380 e. The van der Waals surface area contributed by atoms with Crippen molar-refractivity contribution in [1.29, 1.82) is 5.26 Å². The highest BCUT2D eigenvalue weighted by molar-refractivity contribution is 8.00. The minimum absolute atomic E-state index is 0.0217. The molecular weight excluding hydrogens is 508 g/mol. The van der Waals surface area contributed by atoms with Gasteiger partial charge in [0.15, 0.2) is 6.29 Å². The molecule has 3 atom stereocenters. The Morgan fingerprint density at radius 3 is 2.95 bits per heavy atom. The molecule has 5 rings (SSSR count). The molecule has 0 aliphatic carbocycles. The monoisotopic (exact) mass is 538 g/mol. The topological polar surface area (TPSA) is 137 Å². The zero-order valence-electron chi connectivity index (χ0n) is 21.2. The number of methoxy groups -OCH3 is 1. The van der Waals surface area contributed by atoms with E-state index in [9.17, 15) is 19.6 Å². The average Bonchev–Trinajstić information content (AvgIpc) is 3.57. The van der Waals surface area contributed by atoms with Crippen molar-refractivity contribution in [1.82, 2.24) is 14.8 Å². The molecule has 1 N–H and O–H groups in total. The number of urea groups is 1. The number of nitrogens with zero attached hydrogens (tertiary/aromatic N) is 5. The van der Waals surface area contributed by atoms with Crippen molar-refractivity contribution in [3.05, 3.63) is 29.1 Å². The molecule has 12 heteroatoms. The summed E-state index contributed by atoms with van der Waals surface area (Å²) in [7, 11) is 1.53. The lowest BCUT2D eigenvalue weighted by atomic mass is 9.87. The number of hydrogen-bond acceptors (Lipinski definition) is 9. The fourth-order valence-electron chi connectivity index (χ4n) is 5.34. The van der Waals surface area contributed by atoms with Crippen molar-refractivity contribution in [2.24, 2.45) is 10.9 Å². The Labute approximate surface area is 225 Å². The number of allylic oxidation sites excluding steroid dienone is 1. The number of aromatic nitrogens is 1. The van der Waals surface area contributed by atoms with Crippen molar-refractivity contribution >= 4 is 41.6 Å². The van der Waals surface area contributed by atoms with Crippen molar-refractivity contribution in [3.8, 4) is 6.07 Å². The second kappa shape index (κ2) is 11.6. The highest BCUT2D eigenvalue weighted by Gasteiger charge is 2.37. The van der Waals surface area contributed by atoms with Crippen LogP contribution in [0.15, 0.2) is 33.4 Å². The number of amidine groups is 1. The fraction of sp³-hybridized carbons (Fsp3) is 0.538. The highest BCUT2D eigenvalue weighted by Crippen LogP contribution is 2.34. The van der Waals surface area contributed by atoms with Gasteiger partial charge in [-0.2, -0.15) is 5.26 Å². The number of carbonyl (C=O) groups is 3. The zero-order valence-corrected chi connectivity index (χ0v) is 22.0. The van der Waals surface area contributed by atoms with E-state index in [4.69, 9.17) is 9.47 Å². The molecule has 3 fully saturated rings. The first-order valence-corrected chi connectivity index (χ1v) is 13.7. The number of fused-ring (bicyclic) bond motifs is 1. The van der Waals surface area contributed by atoms with Gasteiger partial charge < -0.3 is 14.4 Å². The predicted octanol–water partition coefficient (Wildman–Crippen LogP) is 2.58. The van der Waals surface area contributed by atoms with Crippen LogP contribution in [0.2, 0.25) is 0 Å². The molecule has 4 aliphatic rings. The van der Waals surface area contributed by atoms with Crippen LogP contribution in [0.3, 0.4) is 0 Å². The van der Waals surface area contributed by atoms with E-state index in [1.54, 1.807) is 27.6 Å². The van der Waals surface area contributed by atoms with Gasteiger partial charge in [-0.05, 0) is 37.3 Å². The average molecular weight is 539 g/mol. The molecular formula is C26H30N6O5S. The van der Waals surface area contributed by atoms with E-state index < -0.39 is 6.10 Å². The van der Waals surface area contributed by atoms with E-state index in [2.05, 4.69) is 21.4 Å². The lowest BCUT2D eigenvalue weighted by Crippen LogP contribution is -2.48. The summed E-state index contributed by atoms with van der Waals surface area (Å²) in [6.45, 7) is 2.72. The normalized spacial score (nSPS) is 25.2. The first-order valence-electron chi connectivity index (χ1n) is 12.8. The summed E-state index contributed by atoms with van der Waals surface area (Å²) in [4.78, 5) is 50.7. The van der Waals surface area contributed by atoms with Gasteiger partial charge in [-0.3, -0.25) is 19.8 Å². The number of aldehydes is 1. The zero-order chi connectivity index (χ0) is 26.6. The summed E-state index contributed by atoms with van der Waals surface area (Å²) in [6, 6.07) is 3.51. The number of piperidine rings is 1. The van der Waals surface area contributed by atoms with Gasteiger partial charge in [0, 0.05) is 62.0 Å². The smallest absolute Gasteiger partial charge is 0.328 e. The number of nitriles is 1. The maximum atomic E-state index is 13.3. The molecule has 11 nitrogen and oxygen atoms in total. The van der Waals surface area contributed by atoms with Gasteiger partial charge in [0.05, 0.1) is 12.2 Å². The number of carbonyl (C=O) groups excluding carboxylic acids is 3. The molecule has 2 unspecified atom stereocenters. The molecule has 0 aromatic carbocycles. The van der Waals surface area contributed by atoms with Crippen LogP contribution >= 0.6 is 11.8 Å². The van der Waals surface area contributed by atoms with E-state index in [-0.39, 0.29) is 28.8 Å². The molecule has 4 aliphatic heterocycles. The van der Waals surface area contributed by atoms with E-state index in [1.807, 2.05) is 0 Å². The van der Waals surface area contributed by atoms with Crippen molar-refractivity contribution in [3.63, 3.8) is 0 Å². The molecule has 200 valence electrons. The van der Waals surface area contributed by atoms with Crippen LogP contribution < -0.4 is 5.32 Å². The van der Waals surface area contributed by atoms with Crippen molar-refractivity contribution in [2.45, 2.75) is 48.4 Å². The molecule has 38 heavy (non-hydrogen) atoms. The third kappa shape index (κ3) is 5.45. The van der Waals surface area contributed by atoms with Crippen LogP contribution in [0.1, 0.15) is 37.7 Å². The molecule has 3 amide bonds. The number of nitrogens with one attached hydrogen (secondary N) is 1. The Kier molecular flexibility index (Phi) is 8.06. The number of thioether (sulfide) groups is 1. The molecule has 0 radical (unpaired) electrons. The molecule has 0 bridgehead atoms. The van der Waals surface area contributed by atoms with Gasteiger partial charge in [-0.1, -0.05) is 0 Å². The summed E-state index contributed by atoms with van der Waals surface area (Å²) >= 11 is 1.56. The first kappa shape index (κ1) is 26.3. The van der Waals surface area contributed by atoms with E-state index in [0.29, 0.717) is 69.2 Å². The summed E-state index contributed by atoms with van der Waals surface area (Å²) < 4.78 is 10.7. The lowest BCUT2D eigenvalue weighted by Gasteiger charge is -2.37. The molecule has 0 spiro atoms. The number of pyridine rings is 1. The second-order valence-corrected chi connectivity index (χ2v) is 11.1. The van der Waals surface area contributed by atoms with Gasteiger partial charge in [0.2, 0.25) is 0 Å². The number of ether oxygens (including phenoxy) is 2. The standard InChI is InChI=1S/C26H30N6O5S/c1-36-21-4-7-31(25(21)34)13-17-9-16-3-2-6-32(24(16)29-20(17)14-33)26(35)30-23-10-22(18(11-27)12-28-23)38-19-5-8-37-15-19/h10,12,14,16,19,21H,2-9,13,15H2,1H3,(H,28,30,35)/t16?,19-,21?/m0/s1. The van der Waals surface area contributed by atoms with Gasteiger partial charge in [0.1, 0.15) is 29.5 Å². The highest BCUT2D eigenvalue weighted by atomic mass is 32.2. The molecule has 5 heterocycles. The van der Waals surface area contributed by atoms with Gasteiger partial charge in [-0.25, -0.2) is 14.8 Å². The SMILES string of the molecule is COC1CCN(CC2=C(C=O)N=C3C(CCCN3C(=O)Nc3cc(S[C@H]4CCOC4)c(C#N)cn3)C2)C1=O. The van der Waals surface area contributed by atoms with Gasteiger partial charge in [-0.15, -0.1) is 11.8 Å². The second-order valence-electron chi connectivity index (χ2n) is 9.76. The lowest BCUT2D eigenvalue weighted by molar-refractivity contribution is -0.135. The Bertz CT molecular complexity index is 1220. The number of anilines is 1. The van der Waals surface area contributed by atoms with Gasteiger partial charge in [0.25, 0.3) is 5.91 Å². The number of hydrogen-bond donors (Lipinski definition) is 1.